The Morgan fingerprint density at radius 2 is 1.43 bits per heavy atom. The Morgan fingerprint density at radius 3 is 1.96 bits per heavy atom. The van der Waals surface area contributed by atoms with Gasteiger partial charge in [-0.1, -0.05) is 71.1 Å². The number of methoxy groups -OCH3 is 1. The maximum Gasteiger partial charge on any atom is 0.226 e. The molecule has 0 fully saturated rings. The van der Waals surface area contributed by atoms with Crippen LogP contribution in [0, 0.1) is 0 Å². The van der Waals surface area contributed by atoms with Crippen LogP contribution >= 0.6 is 12.2 Å². The molecule has 23 heavy (non-hydrogen) atoms. The second-order valence-corrected chi connectivity index (χ2v) is 6.49. The van der Waals surface area contributed by atoms with Gasteiger partial charge in [0.05, 0.1) is 6.61 Å². The lowest BCUT2D eigenvalue weighted by Gasteiger charge is -2.08. The van der Waals surface area contributed by atoms with E-state index in [-0.39, 0.29) is 5.91 Å². The molecule has 0 unspecified atom stereocenters. The van der Waals surface area contributed by atoms with Crippen LogP contribution in [0.1, 0.15) is 84.0 Å². The number of hydrogen-bond donors (Lipinski definition) is 2. The normalized spacial score (nSPS) is 10.5. The third-order valence-corrected chi connectivity index (χ3v) is 4.10. The first kappa shape index (κ1) is 22.3. The topological polar surface area (TPSA) is 50.4 Å². The Labute approximate surface area is 148 Å². The molecule has 1 amide bonds. The predicted octanol–water partition coefficient (Wildman–Crippen LogP) is 4.32. The molecule has 0 aliphatic heterocycles. The van der Waals surface area contributed by atoms with Gasteiger partial charge in [0, 0.05) is 20.1 Å². The summed E-state index contributed by atoms with van der Waals surface area (Å²) >= 11 is 5.03. The molecule has 4 nitrogen and oxygen atoms in total. The van der Waals surface area contributed by atoms with E-state index in [0.29, 0.717) is 24.7 Å². The average molecular weight is 345 g/mol. The minimum atomic E-state index is 0.0100. The molecule has 136 valence electrons. The molecular formula is C18H36N2O2S. The zero-order valence-corrected chi connectivity index (χ0v) is 15.9. The number of nitrogens with one attached hydrogen (secondary N) is 2. The first-order valence-corrected chi connectivity index (χ1v) is 9.68. The number of amides is 1. The van der Waals surface area contributed by atoms with Gasteiger partial charge < -0.3 is 15.4 Å². The summed E-state index contributed by atoms with van der Waals surface area (Å²) in [6.45, 7) is 3.45. The van der Waals surface area contributed by atoms with Crippen LogP contribution in [0.2, 0.25) is 0 Å². The molecule has 2 N–H and O–H groups in total. The van der Waals surface area contributed by atoms with Crippen molar-refractivity contribution in [2.45, 2.75) is 84.0 Å². The molecule has 0 saturated heterocycles. The van der Waals surface area contributed by atoms with Gasteiger partial charge in [0.25, 0.3) is 0 Å². The van der Waals surface area contributed by atoms with Gasteiger partial charge in [-0.2, -0.15) is 0 Å². The Kier molecular flexibility index (Phi) is 17.1. The van der Waals surface area contributed by atoms with E-state index in [1.807, 2.05) is 0 Å². The summed E-state index contributed by atoms with van der Waals surface area (Å²) < 4.78 is 4.91. The van der Waals surface area contributed by atoms with Gasteiger partial charge in [-0.25, -0.2) is 0 Å². The number of rotatable bonds is 15. The molecule has 0 aromatic heterocycles. The van der Waals surface area contributed by atoms with E-state index in [1.165, 1.54) is 57.8 Å². The van der Waals surface area contributed by atoms with Crippen molar-refractivity contribution in [1.82, 2.24) is 10.6 Å². The summed E-state index contributed by atoms with van der Waals surface area (Å²) in [5.41, 5.74) is 0. The lowest BCUT2D eigenvalue weighted by atomic mass is 10.1. The summed E-state index contributed by atoms with van der Waals surface area (Å²) in [7, 11) is 1.63. The summed E-state index contributed by atoms with van der Waals surface area (Å²) in [6, 6.07) is 0. The van der Waals surface area contributed by atoms with E-state index in [4.69, 9.17) is 17.0 Å². The minimum Gasteiger partial charge on any atom is -0.383 e. The lowest BCUT2D eigenvalue weighted by molar-refractivity contribution is -0.119. The molecular weight excluding hydrogens is 308 g/mol. The third kappa shape index (κ3) is 17.5. The highest BCUT2D eigenvalue weighted by Gasteiger charge is 2.03. The number of ether oxygens (including phenoxy) is 1. The van der Waals surface area contributed by atoms with Crippen molar-refractivity contribution in [3.05, 3.63) is 0 Å². The largest absolute Gasteiger partial charge is 0.383 e. The molecule has 0 aliphatic carbocycles. The number of hydrogen-bond acceptors (Lipinski definition) is 3. The Bertz CT molecular complexity index is 299. The van der Waals surface area contributed by atoms with E-state index in [0.717, 1.165) is 12.8 Å². The molecule has 0 radical (unpaired) electrons. The maximum atomic E-state index is 11.7. The van der Waals surface area contributed by atoms with Crippen molar-refractivity contribution in [1.29, 1.82) is 0 Å². The van der Waals surface area contributed by atoms with Gasteiger partial charge >= 0.3 is 0 Å². The Balaban J connectivity index is 3.27. The van der Waals surface area contributed by atoms with Gasteiger partial charge in [0.1, 0.15) is 0 Å². The number of carbonyl (C=O) groups excluding carboxylic acids is 1. The van der Waals surface area contributed by atoms with Crippen LogP contribution in [0.4, 0.5) is 0 Å². The average Bonchev–Trinajstić information content (AvgIpc) is 2.52. The molecule has 0 rings (SSSR count). The van der Waals surface area contributed by atoms with Crippen molar-refractivity contribution < 1.29 is 9.53 Å². The van der Waals surface area contributed by atoms with Crippen LogP contribution in [0.15, 0.2) is 0 Å². The van der Waals surface area contributed by atoms with Crippen molar-refractivity contribution >= 4 is 23.2 Å². The van der Waals surface area contributed by atoms with Crippen LogP contribution in [-0.2, 0) is 9.53 Å². The molecule has 0 heterocycles. The van der Waals surface area contributed by atoms with Gasteiger partial charge in [-0.05, 0) is 18.6 Å². The van der Waals surface area contributed by atoms with E-state index in [2.05, 4.69) is 17.6 Å². The van der Waals surface area contributed by atoms with Crippen molar-refractivity contribution in [2.75, 3.05) is 20.3 Å². The first-order chi connectivity index (χ1) is 11.2. The number of carbonyl (C=O) groups is 1. The predicted molar refractivity (Wildman–Crippen MR) is 102 cm³/mol. The molecule has 5 heteroatoms. The van der Waals surface area contributed by atoms with Crippen molar-refractivity contribution in [3.63, 3.8) is 0 Å². The van der Waals surface area contributed by atoms with Crippen LogP contribution in [0.3, 0.4) is 0 Å². The van der Waals surface area contributed by atoms with Gasteiger partial charge in [0.15, 0.2) is 5.11 Å². The van der Waals surface area contributed by atoms with E-state index in [9.17, 15) is 4.79 Å². The lowest BCUT2D eigenvalue weighted by Crippen LogP contribution is -2.40. The standard InChI is InChI=1S/C18H36N2O2S/c1-3-4-5-6-7-8-9-10-11-12-13-14-17(21)20-18(23)19-15-16-22-2/h3-16H2,1-2H3,(H2,19,20,21,23). The minimum absolute atomic E-state index is 0.0100. The number of thiocarbonyl (C=S) groups is 1. The van der Waals surface area contributed by atoms with E-state index in [1.54, 1.807) is 7.11 Å². The van der Waals surface area contributed by atoms with Gasteiger partial charge in [-0.3, -0.25) is 4.79 Å². The summed E-state index contributed by atoms with van der Waals surface area (Å²) in [5.74, 6) is 0.0100. The monoisotopic (exact) mass is 344 g/mol. The van der Waals surface area contributed by atoms with Crippen molar-refractivity contribution in [3.8, 4) is 0 Å². The molecule has 0 aliphatic rings. The highest BCUT2D eigenvalue weighted by atomic mass is 32.1. The maximum absolute atomic E-state index is 11.7. The van der Waals surface area contributed by atoms with Gasteiger partial charge in [0.2, 0.25) is 5.91 Å². The van der Waals surface area contributed by atoms with Crippen LogP contribution < -0.4 is 10.6 Å². The molecule has 0 saturated carbocycles. The fourth-order valence-corrected chi connectivity index (χ4v) is 2.67. The smallest absolute Gasteiger partial charge is 0.226 e. The first-order valence-electron chi connectivity index (χ1n) is 9.27. The highest BCUT2D eigenvalue weighted by Crippen LogP contribution is 2.11. The summed E-state index contributed by atoms with van der Waals surface area (Å²) in [5, 5.41) is 6.03. The second-order valence-electron chi connectivity index (χ2n) is 6.08. The van der Waals surface area contributed by atoms with Crippen molar-refractivity contribution in [2.24, 2.45) is 0 Å². The fourth-order valence-electron chi connectivity index (χ4n) is 2.45. The highest BCUT2D eigenvalue weighted by molar-refractivity contribution is 7.80. The zero-order chi connectivity index (χ0) is 17.2. The molecule has 0 bridgehead atoms. The summed E-state index contributed by atoms with van der Waals surface area (Å²) in [6.07, 6.45) is 14.8. The Hall–Kier alpha value is -0.680. The molecule has 0 atom stereocenters. The van der Waals surface area contributed by atoms with Crippen LogP contribution in [-0.4, -0.2) is 31.3 Å². The van der Waals surface area contributed by atoms with Crippen LogP contribution in [0.25, 0.3) is 0 Å². The molecule has 0 aromatic carbocycles. The molecule has 0 spiro atoms. The van der Waals surface area contributed by atoms with E-state index >= 15 is 0 Å². The third-order valence-electron chi connectivity index (χ3n) is 3.85. The second kappa shape index (κ2) is 17.7. The SMILES string of the molecule is CCCCCCCCCCCCCC(=O)NC(=S)NCCOC. The van der Waals surface area contributed by atoms with E-state index < -0.39 is 0 Å². The fraction of sp³-hybridized carbons (Fsp3) is 0.889. The Morgan fingerprint density at radius 1 is 0.913 bits per heavy atom. The quantitative estimate of drug-likeness (QED) is 0.343. The zero-order valence-electron chi connectivity index (χ0n) is 15.1. The van der Waals surface area contributed by atoms with Gasteiger partial charge in [-0.15, -0.1) is 0 Å². The summed E-state index contributed by atoms with van der Waals surface area (Å²) in [4.78, 5) is 11.7. The molecule has 0 aromatic rings. The number of unbranched alkanes of at least 4 members (excludes halogenated alkanes) is 10. The van der Waals surface area contributed by atoms with Crippen LogP contribution in [0.5, 0.6) is 0 Å².